The third-order valence-corrected chi connectivity index (χ3v) is 1.35. The lowest BCUT2D eigenvalue weighted by Gasteiger charge is -1.77. The Balaban J connectivity index is 2.54. The maximum Gasteiger partial charge on any atom is 0.0621 e. The van der Waals surface area contributed by atoms with Crippen LogP contribution in [0.2, 0.25) is 6.04 Å². The van der Waals surface area contributed by atoms with Crippen molar-refractivity contribution in [1.82, 2.24) is 0 Å². The van der Waals surface area contributed by atoms with Gasteiger partial charge < -0.3 is 0 Å². The van der Waals surface area contributed by atoms with Gasteiger partial charge in [0.2, 0.25) is 0 Å². The van der Waals surface area contributed by atoms with Crippen LogP contribution >= 0.6 is 0 Å². The number of hydrogen-bond acceptors (Lipinski definition) is 1. The van der Waals surface area contributed by atoms with Crippen LogP contribution < -0.4 is 0 Å². The van der Waals surface area contributed by atoms with Crippen LogP contribution in [0.15, 0.2) is 0 Å². The van der Waals surface area contributed by atoms with Gasteiger partial charge in [0.1, 0.15) is 0 Å². The molecule has 0 amide bonds. The second-order valence-corrected chi connectivity index (χ2v) is 2.26. The first-order valence-corrected chi connectivity index (χ1v) is 3.70. The summed E-state index contributed by atoms with van der Waals surface area (Å²) in [4.78, 5) is 0. The topological polar surface area (TPSA) is 23.8 Å². The third-order valence-electron chi connectivity index (χ3n) is 0.642. The monoisotopic (exact) mass is 99.1 g/mol. The van der Waals surface area contributed by atoms with E-state index in [1.165, 1.54) is 16.3 Å². The van der Waals surface area contributed by atoms with Gasteiger partial charge in [-0.25, -0.2) is 0 Å². The van der Waals surface area contributed by atoms with E-state index in [1.807, 2.05) is 0 Å². The quantitative estimate of drug-likeness (QED) is 0.355. The molecule has 0 aliphatic carbocycles. The highest BCUT2D eigenvalue weighted by Crippen LogP contribution is 1.87. The van der Waals surface area contributed by atoms with Gasteiger partial charge in [0.15, 0.2) is 0 Å². The lowest BCUT2D eigenvalue weighted by Crippen LogP contribution is -1.66. The highest BCUT2D eigenvalue weighted by Gasteiger charge is 1.74. The summed E-state index contributed by atoms with van der Waals surface area (Å²) in [5.41, 5.74) is 0. The fourth-order valence-corrected chi connectivity index (χ4v) is 0.609. The fraction of sp³-hybridized carbons (Fsp3) is 0.750. The van der Waals surface area contributed by atoms with Gasteiger partial charge in [-0.2, -0.15) is 5.26 Å². The predicted octanol–water partition coefficient (Wildman–Crippen LogP) is 0.0739. The molecule has 0 spiro atoms. The number of nitriles is 1. The summed E-state index contributed by atoms with van der Waals surface area (Å²) in [5.74, 6) is 0. The standard InChI is InChI=1S/C4H9NSi/c5-3-1-2-4-6/h1-2,4H2,6H3. The van der Waals surface area contributed by atoms with Crippen molar-refractivity contribution in [2.75, 3.05) is 0 Å². The van der Waals surface area contributed by atoms with Crippen LogP contribution in [0.25, 0.3) is 0 Å². The average molecular weight is 99.2 g/mol. The highest BCUT2D eigenvalue weighted by atomic mass is 28.1. The Morgan fingerprint density at radius 2 is 2.33 bits per heavy atom. The molecule has 0 aromatic rings. The van der Waals surface area contributed by atoms with Crippen LogP contribution in [0.3, 0.4) is 0 Å². The molecule has 2 heteroatoms. The van der Waals surface area contributed by atoms with Crippen LogP contribution in [0.1, 0.15) is 12.8 Å². The van der Waals surface area contributed by atoms with Crippen molar-refractivity contribution in [1.29, 1.82) is 5.26 Å². The van der Waals surface area contributed by atoms with E-state index in [9.17, 15) is 0 Å². The maximum atomic E-state index is 7.96. The number of hydrogen-bond donors (Lipinski definition) is 0. The van der Waals surface area contributed by atoms with Gasteiger partial charge in [-0.1, -0.05) is 6.04 Å². The zero-order chi connectivity index (χ0) is 4.83. The molecule has 0 fully saturated rings. The Kier molecular flexibility index (Phi) is 4.48. The minimum Gasteiger partial charge on any atom is -0.198 e. The molecule has 0 aliphatic heterocycles. The summed E-state index contributed by atoms with van der Waals surface area (Å²) in [7, 11) is 1.25. The first-order chi connectivity index (χ1) is 2.91. The molecule has 0 saturated heterocycles. The smallest absolute Gasteiger partial charge is 0.0621 e. The van der Waals surface area contributed by atoms with Gasteiger partial charge in [0.05, 0.1) is 6.07 Å². The van der Waals surface area contributed by atoms with E-state index < -0.39 is 0 Å². The van der Waals surface area contributed by atoms with Crippen LogP contribution in [-0.2, 0) is 0 Å². The first-order valence-electron chi connectivity index (χ1n) is 2.28. The van der Waals surface area contributed by atoms with Gasteiger partial charge in [-0.05, 0) is 6.42 Å². The predicted molar refractivity (Wildman–Crippen MR) is 29.6 cm³/mol. The van der Waals surface area contributed by atoms with E-state index in [4.69, 9.17) is 5.26 Å². The maximum absolute atomic E-state index is 7.96. The van der Waals surface area contributed by atoms with Crippen LogP contribution in [-0.4, -0.2) is 10.2 Å². The highest BCUT2D eigenvalue weighted by molar-refractivity contribution is 6.08. The first kappa shape index (κ1) is 5.71. The van der Waals surface area contributed by atoms with Crippen molar-refractivity contribution in [2.45, 2.75) is 18.9 Å². The molecule has 0 atom stereocenters. The van der Waals surface area contributed by atoms with Crippen molar-refractivity contribution >= 4 is 10.2 Å². The van der Waals surface area contributed by atoms with Crippen LogP contribution in [0, 0.1) is 11.3 Å². The Morgan fingerprint density at radius 1 is 1.67 bits per heavy atom. The molecule has 0 unspecified atom stereocenters. The van der Waals surface area contributed by atoms with Crippen LogP contribution in [0.5, 0.6) is 0 Å². The summed E-state index contributed by atoms with van der Waals surface area (Å²) in [5, 5.41) is 7.96. The molecule has 0 rings (SSSR count). The normalized spacial score (nSPS) is 7.83. The molecule has 34 valence electrons. The Bertz CT molecular complexity index is 55.1. The van der Waals surface area contributed by atoms with Gasteiger partial charge in [0.25, 0.3) is 0 Å². The molecule has 0 saturated carbocycles. The number of rotatable bonds is 2. The Morgan fingerprint density at radius 3 is 2.50 bits per heavy atom. The summed E-state index contributed by atoms with van der Waals surface area (Å²) < 4.78 is 0. The van der Waals surface area contributed by atoms with Crippen molar-refractivity contribution in [2.24, 2.45) is 0 Å². The molecular weight excluding hydrogens is 90.1 g/mol. The summed E-state index contributed by atoms with van der Waals surface area (Å²) in [6, 6.07) is 3.36. The molecule has 0 aliphatic rings. The molecule has 0 aromatic heterocycles. The van der Waals surface area contributed by atoms with E-state index in [1.54, 1.807) is 0 Å². The van der Waals surface area contributed by atoms with Crippen molar-refractivity contribution < 1.29 is 0 Å². The average Bonchev–Trinajstić information content (AvgIpc) is 1.61. The minimum absolute atomic E-state index is 0.753. The zero-order valence-electron chi connectivity index (χ0n) is 4.07. The Hall–Kier alpha value is -0.293. The SMILES string of the molecule is N#CCCC[SiH3]. The van der Waals surface area contributed by atoms with Crippen LogP contribution in [0.4, 0.5) is 0 Å². The fourth-order valence-electron chi connectivity index (χ4n) is 0.256. The molecule has 0 heterocycles. The summed E-state index contributed by atoms with van der Waals surface area (Å²) in [6.45, 7) is 0. The molecule has 1 nitrogen and oxygen atoms in total. The van der Waals surface area contributed by atoms with Gasteiger partial charge in [-0.3, -0.25) is 0 Å². The van der Waals surface area contributed by atoms with Gasteiger partial charge in [-0.15, -0.1) is 0 Å². The molecule has 0 aromatic carbocycles. The zero-order valence-corrected chi connectivity index (χ0v) is 6.07. The molecular formula is C4H9NSi. The van der Waals surface area contributed by atoms with E-state index in [0.29, 0.717) is 0 Å². The van der Waals surface area contributed by atoms with Crippen molar-refractivity contribution in [3.05, 3.63) is 0 Å². The van der Waals surface area contributed by atoms with Gasteiger partial charge in [0, 0.05) is 16.7 Å². The minimum atomic E-state index is 0.753. The van der Waals surface area contributed by atoms with Crippen molar-refractivity contribution in [3.8, 4) is 6.07 Å². The van der Waals surface area contributed by atoms with E-state index >= 15 is 0 Å². The molecule has 0 radical (unpaired) electrons. The van der Waals surface area contributed by atoms with E-state index in [-0.39, 0.29) is 0 Å². The largest absolute Gasteiger partial charge is 0.198 e. The second kappa shape index (κ2) is 4.71. The van der Waals surface area contributed by atoms with E-state index in [0.717, 1.165) is 12.8 Å². The van der Waals surface area contributed by atoms with Crippen molar-refractivity contribution in [3.63, 3.8) is 0 Å². The number of unbranched alkanes of at least 4 members (excludes halogenated alkanes) is 1. The van der Waals surface area contributed by atoms with E-state index in [2.05, 4.69) is 6.07 Å². The molecule has 0 N–H and O–H groups in total. The second-order valence-electron chi connectivity index (χ2n) is 1.26. The third kappa shape index (κ3) is 3.71. The Labute approximate surface area is 41.4 Å². The lowest BCUT2D eigenvalue weighted by atomic mass is 10.4. The summed E-state index contributed by atoms with van der Waals surface area (Å²) >= 11 is 0. The van der Waals surface area contributed by atoms with Gasteiger partial charge >= 0.3 is 0 Å². The number of nitrogens with zero attached hydrogens (tertiary/aromatic N) is 1. The lowest BCUT2D eigenvalue weighted by molar-refractivity contribution is 0.965. The molecule has 6 heavy (non-hydrogen) atoms. The summed E-state index contributed by atoms with van der Waals surface area (Å²) in [6.07, 6.45) is 1.87. The molecule has 0 bridgehead atoms.